The Morgan fingerprint density at radius 1 is 1.36 bits per heavy atom. The van der Waals surface area contributed by atoms with Crippen LogP contribution in [-0.4, -0.2) is 21.9 Å². The summed E-state index contributed by atoms with van der Waals surface area (Å²) >= 11 is 0. The first-order chi connectivity index (χ1) is 4.89. The monoisotopic (exact) mass is 158 g/mol. The molecular formula is C9H18O2. The Balaban J connectivity index is 4.13. The first-order valence-corrected chi connectivity index (χ1v) is 3.93. The van der Waals surface area contributed by atoms with E-state index in [1.54, 1.807) is 26.0 Å². The van der Waals surface area contributed by atoms with Crippen LogP contribution >= 0.6 is 0 Å². The Hall–Kier alpha value is -0.340. The van der Waals surface area contributed by atoms with Crippen molar-refractivity contribution < 1.29 is 10.2 Å². The molecule has 2 heteroatoms. The lowest BCUT2D eigenvalue weighted by molar-refractivity contribution is -0.0219. The number of rotatable bonds is 3. The summed E-state index contributed by atoms with van der Waals surface area (Å²) < 4.78 is 0. The molecule has 2 unspecified atom stereocenters. The SMILES string of the molecule is CC=CC(O)C(C)C(C)(C)O. The summed E-state index contributed by atoms with van der Waals surface area (Å²) in [6.45, 7) is 7.07. The summed E-state index contributed by atoms with van der Waals surface area (Å²) in [6.07, 6.45) is 2.91. The van der Waals surface area contributed by atoms with Gasteiger partial charge in [-0.1, -0.05) is 19.1 Å². The summed E-state index contributed by atoms with van der Waals surface area (Å²) in [6, 6.07) is 0. The molecule has 0 aliphatic rings. The number of hydrogen-bond donors (Lipinski definition) is 2. The zero-order chi connectivity index (χ0) is 9.07. The molecule has 2 atom stereocenters. The summed E-state index contributed by atoms with van der Waals surface area (Å²) in [4.78, 5) is 0. The normalized spacial score (nSPS) is 18.7. The lowest BCUT2D eigenvalue weighted by atomic mass is 9.88. The lowest BCUT2D eigenvalue weighted by Crippen LogP contribution is -2.36. The highest BCUT2D eigenvalue weighted by molar-refractivity contribution is 4.93. The number of aliphatic hydroxyl groups excluding tert-OH is 1. The van der Waals surface area contributed by atoms with Crippen LogP contribution in [0.15, 0.2) is 12.2 Å². The van der Waals surface area contributed by atoms with Crippen LogP contribution in [0, 0.1) is 5.92 Å². The fraction of sp³-hybridized carbons (Fsp3) is 0.778. The van der Waals surface area contributed by atoms with E-state index in [-0.39, 0.29) is 5.92 Å². The Kier molecular flexibility index (Phi) is 3.76. The van der Waals surface area contributed by atoms with Crippen molar-refractivity contribution >= 4 is 0 Å². The van der Waals surface area contributed by atoms with Crippen LogP contribution in [0.4, 0.5) is 0 Å². The van der Waals surface area contributed by atoms with Crippen molar-refractivity contribution in [2.24, 2.45) is 5.92 Å². The van der Waals surface area contributed by atoms with Gasteiger partial charge in [0.05, 0.1) is 11.7 Å². The van der Waals surface area contributed by atoms with Gasteiger partial charge < -0.3 is 10.2 Å². The Morgan fingerprint density at radius 3 is 2.09 bits per heavy atom. The fourth-order valence-corrected chi connectivity index (χ4v) is 0.782. The first-order valence-electron chi connectivity index (χ1n) is 3.93. The highest BCUT2D eigenvalue weighted by atomic mass is 16.3. The van der Waals surface area contributed by atoms with E-state index in [1.807, 2.05) is 13.8 Å². The van der Waals surface area contributed by atoms with Crippen LogP contribution in [0.3, 0.4) is 0 Å². The van der Waals surface area contributed by atoms with Gasteiger partial charge >= 0.3 is 0 Å². The van der Waals surface area contributed by atoms with Crippen molar-refractivity contribution in [3.05, 3.63) is 12.2 Å². The number of hydrogen-bond acceptors (Lipinski definition) is 2. The van der Waals surface area contributed by atoms with Gasteiger partial charge in [-0.3, -0.25) is 0 Å². The molecule has 0 saturated heterocycles. The van der Waals surface area contributed by atoms with Crippen molar-refractivity contribution in [1.29, 1.82) is 0 Å². The molecule has 2 N–H and O–H groups in total. The van der Waals surface area contributed by atoms with E-state index in [0.29, 0.717) is 0 Å². The molecule has 0 fully saturated rings. The van der Waals surface area contributed by atoms with Gasteiger partial charge in [0.1, 0.15) is 0 Å². The van der Waals surface area contributed by atoms with E-state index in [2.05, 4.69) is 0 Å². The predicted octanol–water partition coefficient (Wildman–Crippen LogP) is 1.33. The lowest BCUT2D eigenvalue weighted by Gasteiger charge is -2.28. The Morgan fingerprint density at radius 2 is 1.82 bits per heavy atom. The van der Waals surface area contributed by atoms with Gasteiger partial charge in [-0.15, -0.1) is 0 Å². The van der Waals surface area contributed by atoms with E-state index in [1.165, 1.54) is 0 Å². The minimum atomic E-state index is -0.821. The molecule has 0 heterocycles. The molecule has 66 valence electrons. The Bertz CT molecular complexity index is 133. The molecule has 11 heavy (non-hydrogen) atoms. The highest BCUT2D eigenvalue weighted by Crippen LogP contribution is 2.19. The van der Waals surface area contributed by atoms with Gasteiger partial charge in [-0.25, -0.2) is 0 Å². The van der Waals surface area contributed by atoms with Crippen molar-refractivity contribution in [3.63, 3.8) is 0 Å². The topological polar surface area (TPSA) is 40.5 Å². The van der Waals surface area contributed by atoms with Gasteiger partial charge in [-0.05, 0) is 20.8 Å². The summed E-state index contributed by atoms with van der Waals surface area (Å²) in [5.74, 6) is -0.140. The van der Waals surface area contributed by atoms with E-state index < -0.39 is 11.7 Å². The molecule has 0 aromatic carbocycles. The van der Waals surface area contributed by atoms with Gasteiger partial charge in [0.25, 0.3) is 0 Å². The van der Waals surface area contributed by atoms with Gasteiger partial charge in [0.15, 0.2) is 0 Å². The Labute approximate surface area is 68.6 Å². The molecule has 0 amide bonds. The molecule has 2 nitrogen and oxygen atoms in total. The second-order valence-electron chi connectivity index (χ2n) is 3.46. The van der Waals surface area contributed by atoms with E-state index in [4.69, 9.17) is 0 Å². The third-order valence-electron chi connectivity index (χ3n) is 2.02. The van der Waals surface area contributed by atoms with Crippen molar-refractivity contribution in [1.82, 2.24) is 0 Å². The first kappa shape index (κ1) is 10.7. The average molecular weight is 158 g/mol. The molecule has 0 aromatic heterocycles. The molecule has 0 aliphatic heterocycles. The molecule has 0 aromatic rings. The fourth-order valence-electron chi connectivity index (χ4n) is 0.782. The quantitative estimate of drug-likeness (QED) is 0.608. The van der Waals surface area contributed by atoms with Crippen molar-refractivity contribution in [3.8, 4) is 0 Å². The van der Waals surface area contributed by atoms with E-state index in [0.717, 1.165) is 0 Å². The smallest absolute Gasteiger partial charge is 0.0773 e. The minimum Gasteiger partial charge on any atom is -0.390 e. The van der Waals surface area contributed by atoms with Crippen LogP contribution in [0.25, 0.3) is 0 Å². The zero-order valence-electron chi connectivity index (χ0n) is 7.70. The predicted molar refractivity (Wildman–Crippen MR) is 46.3 cm³/mol. The molecule has 0 bridgehead atoms. The van der Waals surface area contributed by atoms with E-state index in [9.17, 15) is 10.2 Å². The summed E-state index contributed by atoms with van der Waals surface area (Å²) in [5, 5.41) is 18.9. The van der Waals surface area contributed by atoms with Gasteiger partial charge in [-0.2, -0.15) is 0 Å². The maximum absolute atomic E-state index is 9.49. The van der Waals surface area contributed by atoms with Crippen molar-refractivity contribution in [2.75, 3.05) is 0 Å². The van der Waals surface area contributed by atoms with Gasteiger partial charge in [0.2, 0.25) is 0 Å². The van der Waals surface area contributed by atoms with Crippen LogP contribution < -0.4 is 0 Å². The molecule has 0 rings (SSSR count). The second-order valence-corrected chi connectivity index (χ2v) is 3.46. The maximum atomic E-state index is 9.49. The van der Waals surface area contributed by atoms with Crippen LogP contribution in [0.2, 0.25) is 0 Å². The maximum Gasteiger partial charge on any atom is 0.0773 e. The number of aliphatic hydroxyl groups is 2. The van der Waals surface area contributed by atoms with Crippen LogP contribution in [0.5, 0.6) is 0 Å². The molecule has 0 radical (unpaired) electrons. The largest absolute Gasteiger partial charge is 0.390 e. The minimum absolute atomic E-state index is 0.140. The molecule has 0 aliphatic carbocycles. The standard InChI is InChI=1S/C9H18O2/c1-5-6-8(10)7(2)9(3,4)11/h5-8,10-11H,1-4H3. The molecule has 0 saturated carbocycles. The van der Waals surface area contributed by atoms with Gasteiger partial charge in [0, 0.05) is 5.92 Å². The van der Waals surface area contributed by atoms with Crippen LogP contribution in [-0.2, 0) is 0 Å². The van der Waals surface area contributed by atoms with E-state index >= 15 is 0 Å². The second kappa shape index (κ2) is 3.88. The third kappa shape index (κ3) is 3.54. The highest BCUT2D eigenvalue weighted by Gasteiger charge is 2.26. The number of allylic oxidation sites excluding steroid dienone is 1. The molecular weight excluding hydrogens is 140 g/mol. The summed E-state index contributed by atoms with van der Waals surface area (Å²) in [7, 11) is 0. The third-order valence-corrected chi connectivity index (χ3v) is 2.02. The average Bonchev–Trinajstić information content (AvgIpc) is 1.85. The summed E-state index contributed by atoms with van der Waals surface area (Å²) in [5.41, 5.74) is -0.821. The van der Waals surface area contributed by atoms with Crippen molar-refractivity contribution in [2.45, 2.75) is 39.4 Å². The van der Waals surface area contributed by atoms with Crippen LogP contribution in [0.1, 0.15) is 27.7 Å². The molecule has 0 spiro atoms. The zero-order valence-corrected chi connectivity index (χ0v) is 7.70.